The highest BCUT2D eigenvalue weighted by Crippen LogP contribution is 2.24. The van der Waals surface area contributed by atoms with Gasteiger partial charge in [-0.1, -0.05) is 30.3 Å². The Morgan fingerprint density at radius 3 is 2.64 bits per heavy atom. The third kappa shape index (κ3) is 4.68. The van der Waals surface area contributed by atoms with Crippen molar-refractivity contribution in [3.8, 4) is 5.75 Å². The highest BCUT2D eigenvalue weighted by atomic mass is 16.5. The molecular formula is C21H23N3O4. The van der Waals surface area contributed by atoms with E-state index in [1.807, 2.05) is 24.3 Å². The zero-order chi connectivity index (χ0) is 20.1. The molecule has 2 aromatic rings. The predicted molar refractivity (Wildman–Crippen MR) is 105 cm³/mol. The Bertz CT molecular complexity index is 893. The molecule has 1 amide bonds. The Morgan fingerprint density at radius 2 is 1.96 bits per heavy atom. The highest BCUT2D eigenvalue weighted by Gasteiger charge is 2.23. The first-order chi connectivity index (χ1) is 13.4. The van der Waals surface area contributed by atoms with Gasteiger partial charge in [0, 0.05) is 24.2 Å². The molecule has 0 saturated carbocycles. The fraction of sp³-hybridized carbons (Fsp3) is 0.286. The van der Waals surface area contributed by atoms with E-state index in [4.69, 9.17) is 21.0 Å². The maximum absolute atomic E-state index is 12.8. The lowest BCUT2D eigenvalue weighted by molar-refractivity contribution is -0.137. The van der Waals surface area contributed by atoms with Crippen LogP contribution in [0, 0.1) is 5.41 Å². The molecule has 1 heterocycles. The number of nitrogens with zero attached hydrogens (tertiary/aromatic N) is 1. The number of carboxylic acids is 1. The summed E-state index contributed by atoms with van der Waals surface area (Å²) in [6, 6.07) is 12.7. The Labute approximate surface area is 163 Å². The van der Waals surface area contributed by atoms with Gasteiger partial charge < -0.3 is 20.5 Å². The number of ether oxygens (including phenoxy) is 1. The molecule has 4 N–H and O–H groups in total. The van der Waals surface area contributed by atoms with E-state index in [0.29, 0.717) is 30.0 Å². The molecule has 28 heavy (non-hydrogen) atoms. The van der Waals surface area contributed by atoms with E-state index in [0.717, 1.165) is 24.0 Å². The third-order valence-electron chi connectivity index (χ3n) is 4.74. The average molecular weight is 381 g/mol. The smallest absolute Gasteiger partial charge is 0.305 e. The van der Waals surface area contributed by atoms with Gasteiger partial charge in [0.25, 0.3) is 5.91 Å². The number of hydrogen-bond donors (Lipinski definition) is 3. The van der Waals surface area contributed by atoms with Crippen LogP contribution in [0.25, 0.3) is 0 Å². The zero-order valence-electron chi connectivity index (χ0n) is 15.5. The molecular weight excluding hydrogens is 358 g/mol. The molecule has 7 nitrogen and oxygen atoms in total. The summed E-state index contributed by atoms with van der Waals surface area (Å²) in [6.45, 7) is 1.09. The first-order valence-electron chi connectivity index (χ1n) is 9.14. The van der Waals surface area contributed by atoms with Gasteiger partial charge in [0.2, 0.25) is 0 Å². The van der Waals surface area contributed by atoms with Crippen LogP contribution in [-0.4, -0.2) is 40.8 Å². The summed E-state index contributed by atoms with van der Waals surface area (Å²) >= 11 is 0. The van der Waals surface area contributed by atoms with Gasteiger partial charge in [-0.2, -0.15) is 0 Å². The minimum atomic E-state index is -0.912. The number of carbonyl (C=O) groups excluding carboxylic acids is 1. The Kier molecular flexibility index (Phi) is 5.93. The summed E-state index contributed by atoms with van der Waals surface area (Å²) < 4.78 is 5.83. The molecule has 0 unspecified atom stereocenters. The molecule has 0 bridgehead atoms. The summed E-state index contributed by atoms with van der Waals surface area (Å²) in [5.74, 6) is -0.456. The number of amidine groups is 1. The van der Waals surface area contributed by atoms with Gasteiger partial charge in [0.1, 0.15) is 18.2 Å². The van der Waals surface area contributed by atoms with Crippen LogP contribution in [0.2, 0.25) is 0 Å². The van der Waals surface area contributed by atoms with Crippen LogP contribution in [0.3, 0.4) is 0 Å². The van der Waals surface area contributed by atoms with Crippen molar-refractivity contribution in [1.29, 1.82) is 5.41 Å². The second kappa shape index (κ2) is 8.56. The van der Waals surface area contributed by atoms with E-state index in [1.165, 1.54) is 0 Å². The van der Waals surface area contributed by atoms with E-state index in [-0.39, 0.29) is 24.7 Å². The molecule has 146 valence electrons. The number of nitrogen functional groups attached to an aromatic ring is 1. The summed E-state index contributed by atoms with van der Waals surface area (Å²) in [6.07, 6.45) is 1.52. The quantitative estimate of drug-likeness (QED) is 0.503. The van der Waals surface area contributed by atoms with Gasteiger partial charge in [-0.15, -0.1) is 0 Å². The van der Waals surface area contributed by atoms with Crippen molar-refractivity contribution >= 4 is 17.7 Å². The van der Waals surface area contributed by atoms with E-state index in [9.17, 15) is 9.59 Å². The molecule has 2 aromatic carbocycles. The lowest BCUT2D eigenvalue weighted by Crippen LogP contribution is -2.33. The number of carbonyl (C=O) groups is 2. The summed E-state index contributed by atoms with van der Waals surface area (Å²) in [5, 5.41) is 16.3. The molecule has 0 aliphatic carbocycles. The summed E-state index contributed by atoms with van der Waals surface area (Å²) in [4.78, 5) is 25.3. The maximum atomic E-state index is 12.8. The molecule has 1 aliphatic rings. The molecule has 0 spiro atoms. The van der Waals surface area contributed by atoms with Crippen molar-refractivity contribution in [3.05, 3.63) is 64.7 Å². The molecule has 0 saturated heterocycles. The van der Waals surface area contributed by atoms with Crippen LogP contribution >= 0.6 is 0 Å². The zero-order valence-corrected chi connectivity index (χ0v) is 15.5. The minimum absolute atomic E-state index is 0.0178. The fourth-order valence-corrected chi connectivity index (χ4v) is 3.19. The van der Waals surface area contributed by atoms with Crippen molar-refractivity contribution in [2.75, 3.05) is 13.1 Å². The topological polar surface area (TPSA) is 117 Å². The molecule has 1 aliphatic heterocycles. The van der Waals surface area contributed by atoms with E-state index >= 15 is 0 Å². The van der Waals surface area contributed by atoms with E-state index < -0.39 is 5.97 Å². The second-order valence-electron chi connectivity index (χ2n) is 6.76. The number of rotatable bonds is 7. The van der Waals surface area contributed by atoms with Crippen LogP contribution in [0.15, 0.2) is 42.5 Å². The predicted octanol–water partition coefficient (Wildman–Crippen LogP) is 2.41. The summed E-state index contributed by atoms with van der Waals surface area (Å²) in [7, 11) is 0. The van der Waals surface area contributed by atoms with Crippen molar-refractivity contribution in [1.82, 2.24) is 4.90 Å². The van der Waals surface area contributed by atoms with Gasteiger partial charge >= 0.3 is 5.97 Å². The van der Waals surface area contributed by atoms with Gasteiger partial charge in [-0.05, 0) is 36.1 Å². The Morgan fingerprint density at radius 1 is 1.21 bits per heavy atom. The largest absolute Gasteiger partial charge is 0.489 e. The monoisotopic (exact) mass is 381 g/mol. The maximum Gasteiger partial charge on any atom is 0.305 e. The average Bonchev–Trinajstić information content (AvgIpc) is 2.84. The number of amides is 1. The number of nitrogens with one attached hydrogen (secondary N) is 1. The highest BCUT2D eigenvalue weighted by molar-refractivity contribution is 5.96. The van der Waals surface area contributed by atoms with Crippen molar-refractivity contribution in [2.45, 2.75) is 25.9 Å². The lowest BCUT2D eigenvalue weighted by atomic mass is 10.0. The fourth-order valence-electron chi connectivity index (χ4n) is 3.19. The van der Waals surface area contributed by atoms with Crippen LogP contribution in [0.4, 0.5) is 0 Å². The minimum Gasteiger partial charge on any atom is -0.489 e. The summed E-state index contributed by atoms with van der Waals surface area (Å²) in [5.41, 5.74) is 8.57. The van der Waals surface area contributed by atoms with Crippen LogP contribution in [0.1, 0.15) is 39.9 Å². The van der Waals surface area contributed by atoms with Crippen molar-refractivity contribution in [2.24, 2.45) is 5.73 Å². The van der Waals surface area contributed by atoms with Crippen molar-refractivity contribution in [3.63, 3.8) is 0 Å². The van der Waals surface area contributed by atoms with Gasteiger partial charge in [-0.25, -0.2) is 0 Å². The van der Waals surface area contributed by atoms with Gasteiger partial charge in [0.05, 0.1) is 6.42 Å². The molecule has 7 heteroatoms. The first-order valence-corrected chi connectivity index (χ1v) is 9.14. The number of aryl methyl sites for hydroxylation is 1. The van der Waals surface area contributed by atoms with Crippen LogP contribution in [0.5, 0.6) is 5.75 Å². The number of nitrogens with two attached hydrogens (primary N) is 1. The molecule has 0 aromatic heterocycles. The standard InChI is InChI=1S/C21H23N3O4/c22-20(23)16-5-3-14(4-6-16)13-28-17-8-7-15-2-1-10-24(11-9-19(25)26)21(27)18(15)12-17/h3-8,12H,1-2,9-11,13H2,(H3,22,23)(H,25,26). The second-order valence-corrected chi connectivity index (χ2v) is 6.76. The third-order valence-corrected chi connectivity index (χ3v) is 4.74. The number of fused-ring (bicyclic) bond motifs is 1. The number of carboxylic acid groups (broad SMARTS) is 1. The number of aliphatic carboxylic acids is 1. The lowest BCUT2D eigenvalue weighted by Gasteiger charge is -2.20. The van der Waals surface area contributed by atoms with Crippen molar-refractivity contribution < 1.29 is 19.4 Å². The van der Waals surface area contributed by atoms with Gasteiger partial charge in [0.15, 0.2) is 0 Å². The molecule has 0 fully saturated rings. The Hall–Kier alpha value is -3.35. The number of benzene rings is 2. The number of hydrogen-bond acceptors (Lipinski definition) is 4. The van der Waals surface area contributed by atoms with Crippen LogP contribution in [-0.2, 0) is 17.8 Å². The normalized spacial score (nSPS) is 13.6. The van der Waals surface area contributed by atoms with Crippen LogP contribution < -0.4 is 10.5 Å². The first kappa shape index (κ1) is 19.4. The molecule has 3 rings (SSSR count). The molecule has 0 atom stereocenters. The SMILES string of the molecule is N=C(N)c1ccc(COc2ccc3c(c2)C(=O)N(CCC(=O)O)CCC3)cc1. The van der Waals surface area contributed by atoms with E-state index in [1.54, 1.807) is 23.1 Å². The molecule has 0 radical (unpaired) electrons. The van der Waals surface area contributed by atoms with Gasteiger partial charge in [-0.3, -0.25) is 15.0 Å². The van der Waals surface area contributed by atoms with E-state index in [2.05, 4.69) is 0 Å². The Balaban J connectivity index is 1.71.